The fourth-order valence-electron chi connectivity index (χ4n) is 3.45. The highest BCUT2D eigenvalue weighted by Crippen LogP contribution is 2.24. The van der Waals surface area contributed by atoms with E-state index in [1.165, 1.54) is 15.1 Å². The molecule has 2 heterocycles. The normalized spacial score (nSPS) is 16.3. The van der Waals surface area contributed by atoms with E-state index < -0.39 is 15.8 Å². The van der Waals surface area contributed by atoms with Crippen molar-refractivity contribution < 1.29 is 17.6 Å². The monoisotopic (exact) mass is 408 g/mol. The van der Waals surface area contributed by atoms with Crippen LogP contribution < -0.4 is 5.32 Å². The average molecular weight is 408 g/mol. The predicted molar refractivity (Wildman–Crippen MR) is 105 cm³/mol. The summed E-state index contributed by atoms with van der Waals surface area (Å²) in [5.74, 6) is -0.924. The Morgan fingerprint density at radius 2 is 1.93 bits per heavy atom. The Balaban J connectivity index is 1.65. The van der Waals surface area contributed by atoms with Gasteiger partial charge in [0.2, 0.25) is 15.9 Å². The van der Waals surface area contributed by atoms with Gasteiger partial charge in [0.15, 0.2) is 5.82 Å². The van der Waals surface area contributed by atoms with E-state index in [-0.39, 0.29) is 17.6 Å². The third-order valence-electron chi connectivity index (χ3n) is 5.04. The van der Waals surface area contributed by atoms with Gasteiger partial charge in [0.1, 0.15) is 5.69 Å². The molecule has 1 aliphatic heterocycles. The largest absolute Gasteiger partial charge is 0.326 e. The van der Waals surface area contributed by atoms with E-state index in [4.69, 9.17) is 0 Å². The van der Waals surface area contributed by atoms with E-state index in [9.17, 15) is 17.6 Å². The summed E-state index contributed by atoms with van der Waals surface area (Å²) < 4.78 is 41.3. The zero-order valence-corrected chi connectivity index (χ0v) is 17.1. The van der Waals surface area contributed by atoms with Crippen LogP contribution in [-0.4, -0.2) is 47.3 Å². The van der Waals surface area contributed by atoms with E-state index in [1.54, 1.807) is 19.1 Å². The first-order valence-electron chi connectivity index (χ1n) is 9.33. The summed E-state index contributed by atoms with van der Waals surface area (Å²) in [5.41, 5.74) is 2.31. The van der Waals surface area contributed by atoms with Crippen molar-refractivity contribution in [2.24, 2.45) is 5.92 Å². The Kier molecular flexibility index (Phi) is 5.85. The zero-order chi connectivity index (χ0) is 20.5. The average Bonchev–Trinajstić information content (AvgIpc) is 3.00. The Bertz CT molecular complexity index is 979. The highest BCUT2D eigenvalue weighted by Gasteiger charge is 2.30. The van der Waals surface area contributed by atoms with Crippen LogP contribution in [0.4, 0.5) is 10.1 Å². The van der Waals surface area contributed by atoms with Crippen LogP contribution in [0, 0.1) is 25.6 Å². The van der Waals surface area contributed by atoms with Crippen molar-refractivity contribution in [3.8, 4) is 5.69 Å². The minimum absolute atomic E-state index is 0.0603. The Labute approximate surface area is 164 Å². The first-order chi connectivity index (χ1) is 13.2. The molecule has 0 atom stereocenters. The van der Waals surface area contributed by atoms with Gasteiger partial charge in [-0.15, -0.1) is 0 Å². The molecule has 3 rings (SSSR count). The van der Waals surface area contributed by atoms with E-state index >= 15 is 0 Å². The maximum atomic E-state index is 14.6. The lowest BCUT2D eigenvalue weighted by Crippen LogP contribution is -2.42. The van der Waals surface area contributed by atoms with Gasteiger partial charge in [0, 0.05) is 30.4 Å². The number of nitrogens with zero attached hydrogens (tertiary/aromatic N) is 3. The van der Waals surface area contributed by atoms with E-state index in [0.717, 1.165) is 11.4 Å². The molecule has 1 amide bonds. The SMILES string of the molecule is CCS(=O)(=O)N1CCC(C(=O)Nc2ccc(-n3nc(C)cc3C)c(F)c2)CC1. The van der Waals surface area contributed by atoms with Crippen LogP contribution in [-0.2, 0) is 14.8 Å². The lowest BCUT2D eigenvalue weighted by atomic mass is 9.97. The van der Waals surface area contributed by atoms with Gasteiger partial charge >= 0.3 is 0 Å². The molecule has 0 unspecified atom stereocenters. The van der Waals surface area contributed by atoms with Crippen molar-refractivity contribution in [2.45, 2.75) is 33.6 Å². The van der Waals surface area contributed by atoms with Crippen LogP contribution in [0.2, 0.25) is 0 Å². The third kappa shape index (κ3) is 4.25. The number of anilines is 1. The van der Waals surface area contributed by atoms with E-state index in [2.05, 4.69) is 10.4 Å². The summed E-state index contributed by atoms with van der Waals surface area (Å²) in [4.78, 5) is 12.5. The highest BCUT2D eigenvalue weighted by atomic mass is 32.2. The van der Waals surface area contributed by atoms with Crippen molar-refractivity contribution in [1.29, 1.82) is 0 Å². The number of nitrogens with one attached hydrogen (secondary N) is 1. The summed E-state index contributed by atoms with van der Waals surface area (Å²) in [5, 5.41) is 7.02. The number of halogens is 1. The number of aromatic nitrogens is 2. The second-order valence-corrected chi connectivity index (χ2v) is 9.33. The molecule has 0 bridgehead atoms. The lowest BCUT2D eigenvalue weighted by Gasteiger charge is -2.30. The summed E-state index contributed by atoms with van der Waals surface area (Å²) in [6.45, 7) is 5.96. The fraction of sp³-hybridized carbons (Fsp3) is 0.474. The molecule has 152 valence electrons. The molecular weight excluding hydrogens is 383 g/mol. The lowest BCUT2D eigenvalue weighted by molar-refractivity contribution is -0.120. The molecule has 0 radical (unpaired) electrons. The second kappa shape index (κ2) is 8.00. The molecule has 0 aliphatic carbocycles. The van der Waals surface area contributed by atoms with Crippen LogP contribution in [0.5, 0.6) is 0 Å². The number of hydrogen-bond acceptors (Lipinski definition) is 4. The van der Waals surface area contributed by atoms with Gasteiger partial charge in [-0.25, -0.2) is 21.8 Å². The van der Waals surface area contributed by atoms with Crippen LogP contribution in [0.3, 0.4) is 0 Å². The number of piperidine rings is 1. The smallest absolute Gasteiger partial charge is 0.227 e. The van der Waals surface area contributed by atoms with E-state index in [1.807, 2.05) is 19.9 Å². The predicted octanol–water partition coefficient (Wildman–Crippen LogP) is 2.63. The fourth-order valence-corrected chi connectivity index (χ4v) is 4.58. The van der Waals surface area contributed by atoms with Gasteiger partial charge in [0.05, 0.1) is 11.4 Å². The molecule has 2 aromatic rings. The summed E-state index contributed by atoms with van der Waals surface area (Å²) >= 11 is 0. The minimum atomic E-state index is -3.22. The van der Waals surface area contributed by atoms with Crippen molar-refractivity contribution in [2.75, 3.05) is 24.2 Å². The van der Waals surface area contributed by atoms with Gasteiger partial charge in [-0.1, -0.05) is 0 Å². The van der Waals surface area contributed by atoms with Crippen LogP contribution >= 0.6 is 0 Å². The number of benzene rings is 1. The summed E-state index contributed by atoms with van der Waals surface area (Å²) in [6.07, 6.45) is 0.911. The van der Waals surface area contributed by atoms with E-state index in [0.29, 0.717) is 37.3 Å². The molecule has 1 aromatic heterocycles. The number of carbonyl (C=O) groups excluding carboxylic acids is 1. The molecule has 1 fully saturated rings. The van der Waals surface area contributed by atoms with Crippen LogP contribution in [0.25, 0.3) is 5.69 Å². The summed E-state index contributed by atoms with van der Waals surface area (Å²) in [6, 6.07) is 6.37. The van der Waals surface area contributed by atoms with Crippen molar-refractivity contribution in [1.82, 2.24) is 14.1 Å². The molecule has 9 heteroatoms. The zero-order valence-electron chi connectivity index (χ0n) is 16.3. The van der Waals surface area contributed by atoms with Gasteiger partial charge < -0.3 is 5.32 Å². The molecule has 7 nitrogen and oxygen atoms in total. The summed E-state index contributed by atoms with van der Waals surface area (Å²) in [7, 11) is -3.22. The van der Waals surface area contributed by atoms with Gasteiger partial charge in [-0.05, 0) is 57.9 Å². The molecular formula is C19H25FN4O3S. The van der Waals surface area contributed by atoms with Gasteiger partial charge in [0.25, 0.3) is 0 Å². The molecule has 0 saturated carbocycles. The molecule has 1 aliphatic rings. The number of hydrogen-bond donors (Lipinski definition) is 1. The van der Waals surface area contributed by atoms with Crippen LogP contribution in [0.1, 0.15) is 31.2 Å². The Hall–Kier alpha value is -2.26. The molecule has 0 spiro atoms. The number of rotatable bonds is 5. The van der Waals surface area contributed by atoms with Crippen LogP contribution in [0.15, 0.2) is 24.3 Å². The second-order valence-electron chi connectivity index (χ2n) is 7.07. The maximum Gasteiger partial charge on any atom is 0.227 e. The van der Waals surface area contributed by atoms with Gasteiger partial charge in [-0.3, -0.25) is 4.79 Å². The van der Waals surface area contributed by atoms with Crippen molar-refractivity contribution in [3.05, 3.63) is 41.5 Å². The Morgan fingerprint density at radius 3 is 2.46 bits per heavy atom. The standard InChI is InChI=1S/C19H25FN4O3S/c1-4-28(26,27)23-9-7-15(8-10-23)19(25)21-16-5-6-18(17(20)12-16)24-14(3)11-13(2)22-24/h5-6,11-12,15H,4,7-10H2,1-3H3,(H,21,25). The van der Waals surface area contributed by atoms with Crippen molar-refractivity contribution >= 4 is 21.6 Å². The number of aryl methyl sites for hydroxylation is 2. The highest BCUT2D eigenvalue weighted by molar-refractivity contribution is 7.89. The van der Waals surface area contributed by atoms with Gasteiger partial charge in [-0.2, -0.15) is 5.10 Å². The molecule has 1 aromatic carbocycles. The Morgan fingerprint density at radius 1 is 1.25 bits per heavy atom. The maximum absolute atomic E-state index is 14.6. The first kappa shape index (κ1) is 20.5. The minimum Gasteiger partial charge on any atom is -0.326 e. The molecule has 1 saturated heterocycles. The number of sulfonamides is 1. The first-order valence-corrected chi connectivity index (χ1v) is 10.9. The topological polar surface area (TPSA) is 84.3 Å². The number of carbonyl (C=O) groups is 1. The third-order valence-corrected chi connectivity index (χ3v) is 6.92. The molecule has 1 N–H and O–H groups in total. The number of amides is 1. The van der Waals surface area contributed by atoms with Crippen molar-refractivity contribution in [3.63, 3.8) is 0 Å². The molecule has 28 heavy (non-hydrogen) atoms. The quantitative estimate of drug-likeness (QED) is 0.824.